The van der Waals surface area contributed by atoms with Crippen LogP contribution in [-0.4, -0.2) is 40.6 Å². The molecule has 0 N–H and O–H groups in total. The summed E-state index contributed by atoms with van der Waals surface area (Å²) >= 11 is 1.66. The molecule has 23 heavy (non-hydrogen) atoms. The summed E-state index contributed by atoms with van der Waals surface area (Å²) in [5, 5.41) is 0.0433. The fourth-order valence-corrected chi connectivity index (χ4v) is 3.70. The van der Waals surface area contributed by atoms with Gasteiger partial charge >= 0.3 is 0 Å². The van der Waals surface area contributed by atoms with Gasteiger partial charge in [0.15, 0.2) is 0 Å². The maximum atomic E-state index is 12.3. The lowest BCUT2D eigenvalue weighted by Crippen LogP contribution is -2.28. The molecule has 0 radical (unpaired) electrons. The number of aromatic nitrogens is 2. The third-order valence-corrected chi connectivity index (χ3v) is 5.09. The van der Waals surface area contributed by atoms with Gasteiger partial charge in [0.2, 0.25) is 5.91 Å². The number of thioether (sulfide) groups is 1. The SMILES string of the molecule is Cc1cnc(CN2C(=O)CSC2c2ccc(N(C)C)cc2)cn1. The predicted molar refractivity (Wildman–Crippen MR) is 93.3 cm³/mol. The molecule has 1 aliphatic rings. The Balaban J connectivity index is 1.80. The van der Waals surface area contributed by atoms with Crippen LogP contribution in [0.5, 0.6) is 0 Å². The largest absolute Gasteiger partial charge is 0.378 e. The molecule has 1 aromatic heterocycles. The maximum absolute atomic E-state index is 12.3. The summed E-state index contributed by atoms with van der Waals surface area (Å²) in [6.07, 6.45) is 3.49. The second-order valence-electron chi connectivity index (χ2n) is 5.82. The lowest BCUT2D eigenvalue weighted by atomic mass is 10.1. The summed E-state index contributed by atoms with van der Waals surface area (Å²) in [5.74, 6) is 0.665. The van der Waals surface area contributed by atoms with Crippen LogP contribution in [0, 0.1) is 6.92 Å². The van der Waals surface area contributed by atoms with E-state index in [1.54, 1.807) is 24.2 Å². The van der Waals surface area contributed by atoms with Gasteiger partial charge in [-0.2, -0.15) is 0 Å². The standard InChI is InChI=1S/C17H20N4OS/c1-12-8-19-14(9-18-12)10-21-16(22)11-23-17(21)13-4-6-15(7-5-13)20(2)3/h4-9,17H,10-11H2,1-3H3. The third kappa shape index (κ3) is 3.47. The van der Waals surface area contributed by atoms with E-state index in [-0.39, 0.29) is 11.3 Å². The van der Waals surface area contributed by atoms with Gasteiger partial charge in [-0.05, 0) is 24.6 Å². The summed E-state index contributed by atoms with van der Waals surface area (Å²) in [6.45, 7) is 2.40. The van der Waals surface area contributed by atoms with Crippen molar-refractivity contribution in [2.45, 2.75) is 18.8 Å². The number of aryl methyl sites for hydroxylation is 1. The molecule has 120 valence electrons. The monoisotopic (exact) mass is 328 g/mol. The van der Waals surface area contributed by atoms with Crippen LogP contribution in [0.4, 0.5) is 5.69 Å². The van der Waals surface area contributed by atoms with E-state index >= 15 is 0 Å². The van der Waals surface area contributed by atoms with Crippen LogP contribution < -0.4 is 4.90 Å². The summed E-state index contributed by atoms with van der Waals surface area (Å²) in [7, 11) is 4.04. The molecule has 1 unspecified atom stereocenters. The summed E-state index contributed by atoms with van der Waals surface area (Å²) in [5.41, 5.74) is 4.00. The van der Waals surface area contributed by atoms with E-state index in [0.29, 0.717) is 12.3 Å². The zero-order valence-electron chi connectivity index (χ0n) is 13.6. The van der Waals surface area contributed by atoms with Crippen LogP contribution in [0.1, 0.15) is 22.3 Å². The molecule has 1 saturated heterocycles. The minimum Gasteiger partial charge on any atom is -0.378 e. The van der Waals surface area contributed by atoms with Gasteiger partial charge in [-0.25, -0.2) is 0 Å². The number of carbonyl (C=O) groups is 1. The molecule has 1 aliphatic heterocycles. The van der Waals surface area contributed by atoms with Crippen molar-refractivity contribution in [3.63, 3.8) is 0 Å². The topological polar surface area (TPSA) is 49.3 Å². The zero-order valence-corrected chi connectivity index (χ0v) is 14.4. The lowest BCUT2D eigenvalue weighted by molar-refractivity contribution is -0.128. The van der Waals surface area contributed by atoms with Crippen LogP contribution >= 0.6 is 11.8 Å². The van der Waals surface area contributed by atoms with Crippen molar-refractivity contribution in [3.05, 3.63) is 53.6 Å². The molecule has 2 heterocycles. The normalized spacial score (nSPS) is 17.6. The molecule has 1 atom stereocenters. The van der Waals surface area contributed by atoms with E-state index in [9.17, 15) is 4.79 Å². The van der Waals surface area contributed by atoms with Crippen molar-refractivity contribution in [3.8, 4) is 0 Å². The van der Waals surface area contributed by atoms with Crippen molar-refractivity contribution in [1.82, 2.24) is 14.9 Å². The van der Waals surface area contributed by atoms with Crippen LogP contribution in [-0.2, 0) is 11.3 Å². The van der Waals surface area contributed by atoms with Crippen molar-refractivity contribution in [2.75, 3.05) is 24.7 Å². The lowest BCUT2D eigenvalue weighted by Gasteiger charge is -2.24. The Kier molecular flexibility index (Phi) is 4.52. The molecule has 6 heteroatoms. The zero-order chi connectivity index (χ0) is 16.4. The first kappa shape index (κ1) is 15.8. The number of rotatable bonds is 4. The van der Waals surface area contributed by atoms with Crippen molar-refractivity contribution in [2.24, 2.45) is 0 Å². The quantitative estimate of drug-likeness (QED) is 0.863. The molecule has 0 saturated carbocycles. The molecule has 2 aromatic rings. The number of amides is 1. The Morgan fingerprint density at radius 1 is 1.22 bits per heavy atom. The Hall–Kier alpha value is -2.08. The average Bonchev–Trinajstić information content (AvgIpc) is 2.91. The molecule has 1 aromatic carbocycles. The van der Waals surface area contributed by atoms with Crippen LogP contribution in [0.25, 0.3) is 0 Å². The van der Waals surface area contributed by atoms with Crippen LogP contribution in [0.2, 0.25) is 0 Å². The molecule has 1 amide bonds. The molecule has 0 aliphatic carbocycles. The third-order valence-electron chi connectivity index (χ3n) is 3.83. The predicted octanol–water partition coefficient (Wildman–Crippen LogP) is 2.63. The second-order valence-corrected chi connectivity index (χ2v) is 6.89. The van der Waals surface area contributed by atoms with E-state index in [1.807, 2.05) is 25.9 Å². The summed E-state index contributed by atoms with van der Waals surface area (Å²) in [4.78, 5) is 24.8. The molecule has 0 spiro atoms. The first-order chi connectivity index (χ1) is 11.0. The van der Waals surface area contributed by atoms with Crippen LogP contribution in [0.3, 0.4) is 0 Å². The fraction of sp³-hybridized carbons (Fsp3) is 0.353. The molecule has 5 nitrogen and oxygen atoms in total. The van der Waals surface area contributed by atoms with Crippen molar-refractivity contribution >= 4 is 23.4 Å². The first-order valence-electron chi connectivity index (χ1n) is 7.50. The summed E-state index contributed by atoms with van der Waals surface area (Å²) in [6, 6.07) is 8.37. The summed E-state index contributed by atoms with van der Waals surface area (Å²) < 4.78 is 0. The highest BCUT2D eigenvalue weighted by molar-refractivity contribution is 8.00. The van der Waals surface area contributed by atoms with Gasteiger partial charge in [-0.15, -0.1) is 11.8 Å². The molecule has 1 fully saturated rings. The van der Waals surface area contributed by atoms with Gasteiger partial charge in [-0.3, -0.25) is 14.8 Å². The van der Waals surface area contributed by atoms with Gasteiger partial charge in [0.25, 0.3) is 0 Å². The Bertz CT molecular complexity index is 685. The minimum atomic E-state index is 0.0433. The Morgan fingerprint density at radius 3 is 2.57 bits per heavy atom. The smallest absolute Gasteiger partial charge is 0.234 e. The van der Waals surface area contributed by atoms with E-state index < -0.39 is 0 Å². The van der Waals surface area contributed by atoms with Crippen molar-refractivity contribution in [1.29, 1.82) is 0 Å². The Labute approximate surface area is 140 Å². The molecular weight excluding hydrogens is 308 g/mol. The maximum Gasteiger partial charge on any atom is 0.234 e. The number of hydrogen-bond donors (Lipinski definition) is 0. The number of nitrogens with zero attached hydrogens (tertiary/aromatic N) is 4. The number of carbonyl (C=O) groups excluding carboxylic acids is 1. The first-order valence-corrected chi connectivity index (χ1v) is 8.55. The molecular formula is C17H20N4OS. The number of anilines is 1. The highest BCUT2D eigenvalue weighted by atomic mass is 32.2. The Morgan fingerprint density at radius 2 is 1.96 bits per heavy atom. The van der Waals surface area contributed by atoms with E-state index in [2.05, 4.69) is 39.1 Å². The minimum absolute atomic E-state index is 0.0433. The second kappa shape index (κ2) is 6.58. The van der Waals surface area contributed by atoms with Gasteiger partial charge in [0, 0.05) is 26.0 Å². The van der Waals surface area contributed by atoms with Gasteiger partial charge in [0.05, 0.1) is 29.9 Å². The highest BCUT2D eigenvalue weighted by Crippen LogP contribution is 2.39. The van der Waals surface area contributed by atoms with Crippen LogP contribution in [0.15, 0.2) is 36.7 Å². The van der Waals surface area contributed by atoms with Crippen molar-refractivity contribution < 1.29 is 4.79 Å². The fourth-order valence-electron chi connectivity index (χ4n) is 2.51. The molecule has 0 bridgehead atoms. The van der Waals surface area contributed by atoms with Gasteiger partial charge in [0.1, 0.15) is 5.37 Å². The molecule has 3 rings (SSSR count). The van der Waals surface area contributed by atoms with E-state index in [4.69, 9.17) is 0 Å². The van der Waals surface area contributed by atoms with Gasteiger partial charge in [-0.1, -0.05) is 12.1 Å². The highest BCUT2D eigenvalue weighted by Gasteiger charge is 2.33. The van der Waals surface area contributed by atoms with E-state index in [0.717, 1.165) is 22.6 Å². The van der Waals surface area contributed by atoms with Gasteiger partial charge < -0.3 is 9.80 Å². The van der Waals surface area contributed by atoms with E-state index in [1.165, 1.54) is 0 Å². The number of benzene rings is 1. The average molecular weight is 328 g/mol. The number of hydrogen-bond acceptors (Lipinski definition) is 5.